The van der Waals surface area contributed by atoms with E-state index in [1.165, 1.54) is 51.1 Å². The Labute approximate surface area is 266 Å². The first-order chi connectivity index (χ1) is 21.6. The smallest absolute Gasteiger partial charge is 0.430 e. The third kappa shape index (κ3) is 6.94. The molecule has 1 aliphatic carbocycles. The monoisotopic (exact) mass is 688 g/mol. The molecule has 2 atom stereocenters. The van der Waals surface area contributed by atoms with Gasteiger partial charge in [-0.15, -0.1) is 0 Å². The molecule has 3 aromatic rings. The lowest BCUT2D eigenvalue weighted by Crippen LogP contribution is -2.56. The molecule has 0 amide bonds. The summed E-state index contributed by atoms with van der Waals surface area (Å²) in [5, 5.41) is 0. The molecular formula is C33H31F7O6S. The number of halogens is 7. The zero-order valence-electron chi connectivity index (χ0n) is 25.4. The van der Waals surface area contributed by atoms with Crippen LogP contribution in [0.5, 0.6) is 0 Å². The van der Waals surface area contributed by atoms with Gasteiger partial charge in [0.2, 0.25) is 0 Å². The van der Waals surface area contributed by atoms with Crippen LogP contribution in [0.3, 0.4) is 0 Å². The molecule has 1 aliphatic rings. The van der Waals surface area contributed by atoms with Gasteiger partial charge < -0.3 is 9.47 Å². The molecule has 0 aliphatic heterocycles. The molecule has 0 N–H and O–H groups in total. The van der Waals surface area contributed by atoms with Gasteiger partial charge in [0, 0.05) is 12.0 Å². The highest BCUT2D eigenvalue weighted by Crippen LogP contribution is 2.54. The van der Waals surface area contributed by atoms with Gasteiger partial charge in [-0.3, -0.25) is 9.59 Å². The zero-order valence-corrected chi connectivity index (χ0v) is 26.2. The Morgan fingerprint density at radius 2 is 1.40 bits per heavy atom. The Kier molecular flexibility index (Phi) is 9.73. The van der Waals surface area contributed by atoms with Gasteiger partial charge in [0.25, 0.3) is 5.60 Å². The second-order valence-corrected chi connectivity index (χ2v) is 14.5. The van der Waals surface area contributed by atoms with E-state index in [0.717, 1.165) is 36.4 Å². The highest BCUT2D eigenvalue weighted by molar-refractivity contribution is 7.92. The summed E-state index contributed by atoms with van der Waals surface area (Å²) in [7, 11) is -4.68. The number of hydrogen-bond donors (Lipinski definition) is 0. The third-order valence-electron chi connectivity index (χ3n) is 7.94. The van der Waals surface area contributed by atoms with Gasteiger partial charge in [0.1, 0.15) is 27.9 Å². The van der Waals surface area contributed by atoms with E-state index in [1.54, 1.807) is 0 Å². The molecule has 1 saturated carbocycles. The van der Waals surface area contributed by atoms with E-state index in [2.05, 4.69) is 4.74 Å². The van der Waals surface area contributed by atoms with Gasteiger partial charge in [0.05, 0.1) is 11.5 Å². The maximum Gasteiger partial charge on any atom is 0.430 e. The fourth-order valence-electron chi connectivity index (χ4n) is 5.64. The quantitative estimate of drug-likeness (QED) is 0.104. The molecule has 6 nitrogen and oxygen atoms in total. The minimum absolute atomic E-state index is 0.0337. The van der Waals surface area contributed by atoms with Crippen LogP contribution in [0, 0.1) is 11.7 Å². The second-order valence-electron chi connectivity index (χ2n) is 12.2. The predicted molar refractivity (Wildman–Crippen MR) is 155 cm³/mol. The highest BCUT2D eigenvalue weighted by atomic mass is 32.2. The Hall–Kier alpha value is -3.78. The number of Topliss-reactive ketones (excluding diaryl/α,β-unsaturated/α-hetero) is 1. The molecule has 0 heterocycles. The number of ketones is 1. The number of carbonyl (C=O) groups is 2. The summed E-state index contributed by atoms with van der Waals surface area (Å²) >= 11 is 0. The van der Waals surface area contributed by atoms with Crippen molar-refractivity contribution in [2.24, 2.45) is 5.92 Å². The topological polar surface area (TPSA) is 86.7 Å². The van der Waals surface area contributed by atoms with Gasteiger partial charge in [-0.05, 0) is 69.0 Å². The third-order valence-corrected chi connectivity index (χ3v) is 10.5. The van der Waals surface area contributed by atoms with Crippen molar-refractivity contribution in [3.8, 4) is 0 Å². The molecule has 14 heteroatoms. The minimum Gasteiger partial charge on any atom is -0.459 e. The standard InChI is InChI=1S/C33H31F7O6S/c1-29(2,3)46-28(42)26-19-30(18-17-27(26)41,47(43,44)25-15-13-24(34)14-16-25)22-9-11-23(12-10-22)31(32(35,36)37,33(38,39)40)45-20-21-7-5-4-6-8-21/h4-16,26H,17-20H2,1-3H3. The van der Waals surface area contributed by atoms with Crippen molar-refractivity contribution < 1.29 is 58.2 Å². The predicted octanol–water partition coefficient (Wildman–Crippen LogP) is 7.74. The molecule has 3 aromatic carbocycles. The highest BCUT2D eigenvalue weighted by Gasteiger charge is 2.73. The zero-order chi connectivity index (χ0) is 35.1. The summed E-state index contributed by atoms with van der Waals surface area (Å²) in [6, 6.07) is 13.0. The lowest BCUT2D eigenvalue weighted by molar-refractivity contribution is -0.392. The fourth-order valence-corrected chi connectivity index (χ4v) is 7.79. The molecule has 4 rings (SSSR count). The normalized spacial score (nSPS) is 19.8. The van der Waals surface area contributed by atoms with Crippen LogP contribution in [0.25, 0.3) is 0 Å². The van der Waals surface area contributed by atoms with Gasteiger partial charge in [-0.1, -0.05) is 54.6 Å². The number of carbonyl (C=O) groups excluding carboxylic acids is 2. The van der Waals surface area contributed by atoms with Gasteiger partial charge in [-0.25, -0.2) is 12.8 Å². The molecule has 1 fully saturated rings. The number of ether oxygens (including phenoxy) is 2. The molecule has 0 radical (unpaired) electrons. The maximum atomic E-state index is 14.5. The molecule has 47 heavy (non-hydrogen) atoms. The van der Waals surface area contributed by atoms with Crippen LogP contribution in [0.2, 0.25) is 0 Å². The van der Waals surface area contributed by atoms with Crippen LogP contribution in [0.4, 0.5) is 30.7 Å². The van der Waals surface area contributed by atoms with E-state index < -0.39 is 98.0 Å². The first-order valence-corrected chi connectivity index (χ1v) is 15.8. The SMILES string of the molecule is CC(C)(C)OC(=O)C1CC(c2ccc(C(OCc3ccccc3)(C(F)(F)F)C(F)(F)F)cc2)(S(=O)(=O)c2ccc(F)cc2)CCC1=O. The summed E-state index contributed by atoms with van der Waals surface area (Å²) in [6.07, 6.45) is -13.7. The largest absolute Gasteiger partial charge is 0.459 e. The van der Waals surface area contributed by atoms with Crippen molar-refractivity contribution in [3.63, 3.8) is 0 Å². The van der Waals surface area contributed by atoms with Crippen LogP contribution < -0.4 is 0 Å². The summed E-state index contributed by atoms with van der Waals surface area (Å²) in [6.45, 7) is 3.50. The minimum atomic E-state index is -6.02. The summed E-state index contributed by atoms with van der Waals surface area (Å²) < 4.78 is 137. The van der Waals surface area contributed by atoms with Crippen LogP contribution in [0.1, 0.15) is 56.7 Å². The molecule has 2 unspecified atom stereocenters. The average Bonchev–Trinajstić information content (AvgIpc) is 2.96. The number of rotatable bonds is 8. The molecule has 0 bridgehead atoms. The van der Waals surface area contributed by atoms with E-state index in [1.807, 2.05) is 0 Å². The van der Waals surface area contributed by atoms with Crippen molar-refractivity contribution in [1.82, 2.24) is 0 Å². The maximum absolute atomic E-state index is 14.5. The number of hydrogen-bond acceptors (Lipinski definition) is 6. The lowest BCUT2D eigenvalue weighted by Gasteiger charge is -2.41. The van der Waals surface area contributed by atoms with Crippen molar-refractivity contribution >= 4 is 21.6 Å². The van der Waals surface area contributed by atoms with Crippen molar-refractivity contribution in [3.05, 3.63) is 101 Å². The lowest BCUT2D eigenvalue weighted by atomic mass is 9.75. The molecule has 0 aromatic heterocycles. The number of esters is 1. The van der Waals surface area contributed by atoms with Crippen LogP contribution >= 0.6 is 0 Å². The molecule has 254 valence electrons. The Morgan fingerprint density at radius 1 is 0.851 bits per heavy atom. The van der Waals surface area contributed by atoms with Crippen molar-refractivity contribution in [2.45, 2.75) is 79.8 Å². The van der Waals surface area contributed by atoms with E-state index in [9.17, 15) is 48.7 Å². The van der Waals surface area contributed by atoms with Gasteiger partial charge in [0.15, 0.2) is 9.84 Å². The Balaban J connectivity index is 1.89. The fraction of sp³-hybridized carbons (Fsp3) is 0.394. The van der Waals surface area contributed by atoms with Crippen LogP contribution in [-0.4, -0.2) is 38.1 Å². The van der Waals surface area contributed by atoms with E-state index in [0.29, 0.717) is 12.1 Å². The first-order valence-electron chi connectivity index (χ1n) is 14.3. The first kappa shape index (κ1) is 36.1. The Morgan fingerprint density at radius 3 is 1.91 bits per heavy atom. The van der Waals surface area contributed by atoms with Crippen LogP contribution in [-0.2, 0) is 45.9 Å². The number of alkyl halides is 6. The van der Waals surface area contributed by atoms with E-state index in [4.69, 9.17) is 4.74 Å². The van der Waals surface area contributed by atoms with Gasteiger partial charge in [-0.2, -0.15) is 26.3 Å². The molecule has 0 saturated heterocycles. The Bertz CT molecular complexity index is 1680. The van der Waals surface area contributed by atoms with E-state index >= 15 is 0 Å². The summed E-state index contributed by atoms with van der Waals surface area (Å²) in [5.74, 6) is -4.10. The van der Waals surface area contributed by atoms with Crippen molar-refractivity contribution in [1.29, 1.82) is 0 Å². The average molecular weight is 689 g/mol. The number of sulfone groups is 1. The molecule has 0 spiro atoms. The van der Waals surface area contributed by atoms with Crippen LogP contribution in [0.15, 0.2) is 83.8 Å². The van der Waals surface area contributed by atoms with E-state index in [-0.39, 0.29) is 11.1 Å². The summed E-state index contributed by atoms with van der Waals surface area (Å²) in [4.78, 5) is 25.6. The molecular weight excluding hydrogens is 657 g/mol. The van der Waals surface area contributed by atoms with Crippen molar-refractivity contribution in [2.75, 3.05) is 0 Å². The van der Waals surface area contributed by atoms with Gasteiger partial charge >= 0.3 is 18.3 Å². The number of benzene rings is 3. The second kappa shape index (κ2) is 12.7. The summed E-state index contributed by atoms with van der Waals surface area (Å²) in [5.41, 5.74) is -7.51.